The maximum absolute atomic E-state index is 13.3. The number of likely N-dealkylation sites (tertiary alicyclic amines) is 1. The summed E-state index contributed by atoms with van der Waals surface area (Å²) in [5, 5.41) is 1.11. The molecule has 0 N–H and O–H groups in total. The Morgan fingerprint density at radius 2 is 1.70 bits per heavy atom. The van der Waals surface area contributed by atoms with Gasteiger partial charge in [0.1, 0.15) is 5.75 Å². The van der Waals surface area contributed by atoms with Crippen molar-refractivity contribution in [2.45, 2.75) is 57.5 Å². The molecule has 4 nitrogen and oxygen atoms in total. The van der Waals surface area contributed by atoms with E-state index in [0.717, 1.165) is 47.4 Å². The number of likely N-dealkylation sites (N-methyl/N-ethyl adjacent to an activating group) is 1. The van der Waals surface area contributed by atoms with Crippen LogP contribution in [0.4, 0.5) is 0 Å². The van der Waals surface area contributed by atoms with E-state index >= 15 is 0 Å². The van der Waals surface area contributed by atoms with Crippen LogP contribution in [0, 0.1) is 0 Å². The lowest BCUT2D eigenvalue weighted by molar-refractivity contribution is -0.914. The van der Waals surface area contributed by atoms with Gasteiger partial charge in [-0.3, -0.25) is 4.79 Å². The maximum atomic E-state index is 13.3. The lowest BCUT2D eigenvalue weighted by Crippen LogP contribution is -2.50. The fraction of sp³-hybridized carbons (Fsp3) is 0.441. The molecule has 1 saturated heterocycles. The summed E-state index contributed by atoms with van der Waals surface area (Å²) >= 11 is 12.7. The summed E-state index contributed by atoms with van der Waals surface area (Å²) in [5.74, 6) is 1.70. The molecule has 1 atom stereocenters. The molecule has 0 radical (unpaired) electrons. The number of quaternary nitrogens is 1. The van der Waals surface area contributed by atoms with E-state index in [4.69, 9.17) is 27.9 Å². The highest BCUT2D eigenvalue weighted by molar-refractivity contribution is 6.42. The van der Waals surface area contributed by atoms with Gasteiger partial charge in [-0.05, 0) is 60.7 Å². The minimum Gasteiger partial charge on any atom is -0.491 e. The smallest absolute Gasteiger partial charge is 0.226 e. The van der Waals surface area contributed by atoms with Crippen LogP contribution in [0.1, 0.15) is 61.6 Å². The average Bonchev–Trinajstić information content (AvgIpc) is 2.93. The molecular formula is C34H43Cl2N2O2+. The Balaban J connectivity index is 1.41. The highest BCUT2D eigenvalue weighted by Crippen LogP contribution is 2.33. The number of amides is 1. The summed E-state index contributed by atoms with van der Waals surface area (Å²) in [6.45, 7) is 8.02. The van der Waals surface area contributed by atoms with Crippen LogP contribution in [0.2, 0.25) is 10.0 Å². The molecule has 40 heavy (non-hydrogen) atoms. The SMILES string of the molecule is CC(C)Oc1cccc(CC(=O)N(C)CC(CC[N+]2(C)CCC(c3ccccc3)CC2)c2ccc(Cl)c(Cl)c2)c1. The normalized spacial score (nSPS) is 19.8. The third-order valence-corrected chi connectivity index (χ3v) is 9.02. The van der Waals surface area contributed by atoms with Gasteiger partial charge < -0.3 is 14.1 Å². The van der Waals surface area contributed by atoms with Gasteiger partial charge in [-0.25, -0.2) is 0 Å². The number of hydrogen-bond donors (Lipinski definition) is 0. The molecule has 4 rings (SSSR count). The summed E-state index contributed by atoms with van der Waals surface area (Å²) in [5.41, 5.74) is 3.55. The largest absolute Gasteiger partial charge is 0.491 e. The second-order valence-electron chi connectivity index (χ2n) is 11.9. The van der Waals surface area contributed by atoms with Gasteiger partial charge in [0.25, 0.3) is 0 Å². The molecular weight excluding hydrogens is 539 g/mol. The Bertz CT molecular complexity index is 1260. The van der Waals surface area contributed by atoms with Crippen LogP contribution in [0.5, 0.6) is 5.75 Å². The molecule has 3 aromatic rings. The van der Waals surface area contributed by atoms with Crippen LogP contribution in [-0.4, -0.2) is 61.7 Å². The number of carbonyl (C=O) groups excluding carboxylic acids is 1. The van der Waals surface area contributed by atoms with Gasteiger partial charge in [-0.15, -0.1) is 0 Å². The summed E-state index contributed by atoms with van der Waals surface area (Å²) in [7, 11) is 4.29. The Hall–Kier alpha value is -2.53. The van der Waals surface area contributed by atoms with Gasteiger partial charge in [0.2, 0.25) is 5.91 Å². The molecule has 3 aromatic carbocycles. The molecule has 0 aliphatic carbocycles. The predicted molar refractivity (Wildman–Crippen MR) is 167 cm³/mol. The molecule has 0 spiro atoms. The first-order valence-corrected chi connectivity index (χ1v) is 15.2. The van der Waals surface area contributed by atoms with Gasteiger partial charge in [0.15, 0.2) is 0 Å². The lowest BCUT2D eigenvalue weighted by Gasteiger charge is -2.41. The fourth-order valence-corrected chi connectivity index (χ4v) is 6.12. The molecule has 1 aliphatic heterocycles. The summed E-state index contributed by atoms with van der Waals surface area (Å²) in [4.78, 5) is 15.2. The maximum Gasteiger partial charge on any atom is 0.226 e. The van der Waals surface area contributed by atoms with Crippen molar-refractivity contribution in [3.05, 3.63) is 99.5 Å². The third-order valence-electron chi connectivity index (χ3n) is 8.28. The zero-order chi connectivity index (χ0) is 28.7. The Kier molecular flexibility index (Phi) is 10.6. The van der Waals surface area contributed by atoms with E-state index in [2.05, 4.69) is 43.4 Å². The molecule has 1 heterocycles. The Morgan fingerprint density at radius 3 is 2.38 bits per heavy atom. The van der Waals surface area contributed by atoms with Crippen molar-refractivity contribution in [3.63, 3.8) is 0 Å². The van der Waals surface area contributed by atoms with Crippen LogP contribution >= 0.6 is 23.2 Å². The second-order valence-corrected chi connectivity index (χ2v) is 12.7. The van der Waals surface area contributed by atoms with Crippen LogP contribution in [-0.2, 0) is 11.2 Å². The first-order chi connectivity index (χ1) is 19.1. The van der Waals surface area contributed by atoms with Crippen molar-refractivity contribution in [2.75, 3.05) is 40.3 Å². The van der Waals surface area contributed by atoms with Gasteiger partial charge in [-0.1, -0.05) is 71.7 Å². The topological polar surface area (TPSA) is 29.5 Å². The average molecular weight is 583 g/mol. The lowest BCUT2D eigenvalue weighted by atomic mass is 9.87. The number of carbonyl (C=O) groups is 1. The zero-order valence-corrected chi connectivity index (χ0v) is 25.8. The molecule has 1 amide bonds. The quantitative estimate of drug-likeness (QED) is 0.215. The Labute approximate surface area is 250 Å². The molecule has 0 bridgehead atoms. The summed E-state index contributed by atoms with van der Waals surface area (Å²) < 4.78 is 6.88. The minimum atomic E-state index is 0.0919. The number of benzene rings is 3. The second kappa shape index (κ2) is 13.9. The van der Waals surface area contributed by atoms with E-state index in [0.29, 0.717) is 28.9 Å². The van der Waals surface area contributed by atoms with Crippen LogP contribution in [0.3, 0.4) is 0 Å². The van der Waals surface area contributed by atoms with E-state index in [1.807, 2.05) is 62.2 Å². The summed E-state index contributed by atoms with van der Waals surface area (Å²) in [6, 6.07) is 24.7. The number of halogens is 2. The van der Waals surface area contributed by atoms with Crippen LogP contribution in [0.25, 0.3) is 0 Å². The number of nitrogens with zero attached hydrogens (tertiary/aromatic N) is 2. The molecule has 1 unspecified atom stereocenters. The van der Waals surface area contributed by atoms with Crippen molar-refractivity contribution >= 4 is 29.1 Å². The number of rotatable bonds is 11. The number of hydrogen-bond acceptors (Lipinski definition) is 2. The first kappa shape index (κ1) is 30.4. The van der Waals surface area contributed by atoms with Crippen molar-refractivity contribution in [1.29, 1.82) is 0 Å². The fourth-order valence-electron chi connectivity index (χ4n) is 5.81. The van der Waals surface area contributed by atoms with E-state index in [-0.39, 0.29) is 17.9 Å². The van der Waals surface area contributed by atoms with Crippen molar-refractivity contribution in [3.8, 4) is 5.75 Å². The van der Waals surface area contributed by atoms with Gasteiger partial charge in [0, 0.05) is 38.8 Å². The molecule has 0 aromatic heterocycles. The van der Waals surface area contributed by atoms with E-state index in [1.54, 1.807) is 0 Å². The molecule has 0 saturated carbocycles. The van der Waals surface area contributed by atoms with Gasteiger partial charge in [-0.2, -0.15) is 0 Å². The highest BCUT2D eigenvalue weighted by Gasteiger charge is 2.32. The molecule has 1 fully saturated rings. The Morgan fingerprint density at radius 1 is 0.975 bits per heavy atom. The minimum absolute atomic E-state index is 0.0919. The first-order valence-electron chi connectivity index (χ1n) is 14.4. The standard InChI is InChI=1S/C34H43Cl2N2O2/c1-25(2)40-31-12-8-9-26(21-31)22-34(39)37(3)24-30(29-13-14-32(35)33(36)23-29)17-20-38(4)18-15-28(16-19-38)27-10-6-5-7-11-27/h5-14,21,23,25,28,30H,15-20,22,24H2,1-4H3/q+1. The van der Waals surface area contributed by atoms with Gasteiger partial charge >= 0.3 is 0 Å². The van der Waals surface area contributed by atoms with E-state index in [9.17, 15) is 4.79 Å². The monoisotopic (exact) mass is 581 g/mol. The molecule has 6 heteroatoms. The van der Waals surface area contributed by atoms with Gasteiger partial charge in [0.05, 0.1) is 49.3 Å². The van der Waals surface area contributed by atoms with Crippen molar-refractivity contribution < 1.29 is 14.0 Å². The van der Waals surface area contributed by atoms with Crippen LogP contribution in [0.15, 0.2) is 72.8 Å². The van der Waals surface area contributed by atoms with Crippen LogP contribution < -0.4 is 4.74 Å². The molecule has 214 valence electrons. The van der Waals surface area contributed by atoms with E-state index < -0.39 is 0 Å². The van der Waals surface area contributed by atoms with Crippen molar-refractivity contribution in [2.24, 2.45) is 0 Å². The zero-order valence-electron chi connectivity index (χ0n) is 24.3. The number of ether oxygens (including phenoxy) is 1. The highest BCUT2D eigenvalue weighted by atomic mass is 35.5. The predicted octanol–water partition coefficient (Wildman–Crippen LogP) is 7.98. The third kappa shape index (κ3) is 8.49. The summed E-state index contributed by atoms with van der Waals surface area (Å²) in [6.07, 6.45) is 3.81. The number of piperidine rings is 1. The van der Waals surface area contributed by atoms with Crippen molar-refractivity contribution in [1.82, 2.24) is 4.90 Å². The van der Waals surface area contributed by atoms with E-state index in [1.165, 1.54) is 18.4 Å². The molecule has 1 aliphatic rings.